The van der Waals surface area contributed by atoms with Crippen LogP contribution in [-0.2, 0) is 17.6 Å². The number of alkyl carbamates (subject to hydrolysis) is 1. The van der Waals surface area contributed by atoms with E-state index in [1.54, 1.807) is 27.9 Å². The molecular formula is C24H33NO5. The van der Waals surface area contributed by atoms with E-state index in [2.05, 4.69) is 18.3 Å². The van der Waals surface area contributed by atoms with Gasteiger partial charge in [0.1, 0.15) is 22.8 Å². The van der Waals surface area contributed by atoms with Crippen molar-refractivity contribution in [3.05, 3.63) is 53.1 Å². The van der Waals surface area contributed by atoms with Crippen molar-refractivity contribution >= 4 is 6.09 Å². The molecule has 2 rings (SSSR count). The number of benzene rings is 2. The Labute approximate surface area is 179 Å². The SMILES string of the molecule is CCc1cc(CC(CO)NC(=O)OC(C)(C)C)cc(C)c1Oc1ccc(OC)cc1. The third-order valence-corrected chi connectivity index (χ3v) is 4.49. The Kier molecular flexibility index (Phi) is 8.12. The van der Waals surface area contributed by atoms with Gasteiger partial charge in [-0.2, -0.15) is 0 Å². The number of carbonyl (C=O) groups is 1. The van der Waals surface area contributed by atoms with Crippen molar-refractivity contribution < 1.29 is 24.1 Å². The van der Waals surface area contributed by atoms with Crippen LogP contribution in [0.3, 0.4) is 0 Å². The summed E-state index contributed by atoms with van der Waals surface area (Å²) in [5.41, 5.74) is 2.49. The van der Waals surface area contributed by atoms with Crippen molar-refractivity contribution in [2.45, 2.75) is 59.1 Å². The third-order valence-electron chi connectivity index (χ3n) is 4.49. The summed E-state index contributed by atoms with van der Waals surface area (Å²) in [4.78, 5) is 12.0. The fourth-order valence-corrected chi connectivity index (χ4v) is 3.14. The molecule has 1 atom stereocenters. The van der Waals surface area contributed by atoms with Gasteiger partial charge in [-0.15, -0.1) is 0 Å². The summed E-state index contributed by atoms with van der Waals surface area (Å²) in [6, 6.07) is 11.1. The maximum atomic E-state index is 12.0. The van der Waals surface area contributed by atoms with Crippen LogP contribution in [0.2, 0.25) is 0 Å². The average molecular weight is 416 g/mol. The first-order chi connectivity index (χ1) is 14.1. The minimum atomic E-state index is -0.587. The summed E-state index contributed by atoms with van der Waals surface area (Å²) >= 11 is 0. The number of amides is 1. The number of aliphatic hydroxyl groups excluding tert-OH is 1. The Bertz CT molecular complexity index is 840. The molecule has 0 radical (unpaired) electrons. The predicted octanol–water partition coefficient (Wildman–Crippen LogP) is 4.79. The number of rotatable bonds is 8. The quantitative estimate of drug-likeness (QED) is 0.648. The second-order valence-electron chi connectivity index (χ2n) is 8.26. The number of nitrogens with one attached hydrogen (secondary N) is 1. The van der Waals surface area contributed by atoms with Crippen molar-refractivity contribution in [2.75, 3.05) is 13.7 Å². The minimum Gasteiger partial charge on any atom is -0.497 e. The maximum absolute atomic E-state index is 12.0. The van der Waals surface area contributed by atoms with Crippen molar-refractivity contribution in [2.24, 2.45) is 0 Å². The van der Waals surface area contributed by atoms with E-state index in [1.807, 2.05) is 37.3 Å². The zero-order valence-corrected chi connectivity index (χ0v) is 18.7. The molecule has 0 aliphatic carbocycles. The molecule has 0 aliphatic heterocycles. The van der Waals surface area contributed by atoms with Gasteiger partial charge in [-0.25, -0.2) is 4.79 Å². The molecule has 1 amide bonds. The normalized spacial score (nSPS) is 12.2. The lowest BCUT2D eigenvalue weighted by Gasteiger charge is -2.23. The summed E-state index contributed by atoms with van der Waals surface area (Å²) < 4.78 is 16.6. The first kappa shape index (κ1) is 23.5. The lowest BCUT2D eigenvalue weighted by Crippen LogP contribution is -2.42. The van der Waals surface area contributed by atoms with Crippen LogP contribution in [0.5, 0.6) is 17.2 Å². The molecule has 0 bridgehead atoms. The Balaban J connectivity index is 2.15. The van der Waals surface area contributed by atoms with Crippen molar-refractivity contribution in [1.29, 1.82) is 0 Å². The molecule has 0 fully saturated rings. The Morgan fingerprint density at radius 1 is 1.13 bits per heavy atom. The Hall–Kier alpha value is -2.73. The highest BCUT2D eigenvalue weighted by atomic mass is 16.6. The Morgan fingerprint density at radius 3 is 2.30 bits per heavy atom. The van der Waals surface area contributed by atoms with Gasteiger partial charge in [0.2, 0.25) is 0 Å². The van der Waals surface area contributed by atoms with Gasteiger partial charge in [-0.1, -0.05) is 19.1 Å². The number of aryl methyl sites for hydroxylation is 2. The second kappa shape index (κ2) is 10.3. The van der Waals surface area contributed by atoms with E-state index in [4.69, 9.17) is 14.2 Å². The van der Waals surface area contributed by atoms with Crippen LogP contribution < -0.4 is 14.8 Å². The molecule has 2 aromatic carbocycles. The van der Waals surface area contributed by atoms with Gasteiger partial charge < -0.3 is 24.6 Å². The molecule has 164 valence electrons. The molecule has 0 heterocycles. The number of aliphatic hydroxyl groups is 1. The van der Waals surface area contributed by atoms with Crippen LogP contribution in [-0.4, -0.2) is 36.6 Å². The van der Waals surface area contributed by atoms with Crippen molar-refractivity contribution in [1.82, 2.24) is 5.32 Å². The number of methoxy groups -OCH3 is 1. The summed E-state index contributed by atoms with van der Waals surface area (Å²) in [5.74, 6) is 2.34. The van der Waals surface area contributed by atoms with Crippen LogP contribution in [0.1, 0.15) is 44.4 Å². The van der Waals surface area contributed by atoms with Gasteiger partial charge in [0.15, 0.2) is 0 Å². The van der Waals surface area contributed by atoms with E-state index >= 15 is 0 Å². The first-order valence-electron chi connectivity index (χ1n) is 10.2. The summed E-state index contributed by atoms with van der Waals surface area (Å²) in [7, 11) is 1.63. The van der Waals surface area contributed by atoms with Crippen molar-refractivity contribution in [3.8, 4) is 17.2 Å². The van der Waals surface area contributed by atoms with Crippen LogP contribution in [0.15, 0.2) is 36.4 Å². The molecule has 0 saturated carbocycles. The third kappa shape index (κ3) is 6.95. The van der Waals surface area contributed by atoms with Gasteiger partial charge in [0.05, 0.1) is 19.8 Å². The van der Waals surface area contributed by atoms with Crippen molar-refractivity contribution in [3.63, 3.8) is 0 Å². The summed E-state index contributed by atoms with van der Waals surface area (Å²) in [5, 5.41) is 12.5. The lowest BCUT2D eigenvalue weighted by molar-refractivity contribution is 0.0483. The fraction of sp³-hybridized carbons (Fsp3) is 0.458. The van der Waals surface area contributed by atoms with Gasteiger partial charge >= 0.3 is 6.09 Å². The molecule has 0 aliphatic rings. The van der Waals surface area contributed by atoms with E-state index in [1.165, 1.54) is 0 Å². The van der Waals surface area contributed by atoms with E-state index < -0.39 is 17.7 Å². The van der Waals surface area contributed by atoms with Crippen LogP contribution in [0.25, 0.3) is 0 Å². The van der Waals surface area contributed by atoms with Gasteiger partial charge in [-0.05, 0) is 81.5 Å². The molecule has 2 aromatic rings. The minimum absolute atomic E-state index is 0.177. The van der Waals surface area contributed by atoms with Gasteiger partial charge in [-0.3, -0.25) is 0 Å². The smallest absolute Gasteiger partial charge is 0.407 e. The lowest BCUT2D eigenvalue weighted by atomic mass is 9.98. The van der Waals surface area contributed by atoms with Crippen LogP contribution in [0.4, 0.5) is 4.79 Å². The summed E-state index contributed by atoms with van der Waals surface area (Å²) in [6.45, 7) is 9.30. The van der Waals surface area contributed by atoms with Crippen LogP contribution >= 0.6 is 0 Å². The number of carbonyl (C=O) groups excluding carboxylic acids is 1. The second-order valence-corrected chi connectivity index (χ2v) is 8.26. The number of hydrogen-bond donors (Lipinski definition) is 2. The molecule has 0 saturated heterocycles. The fourth-order valence-electron chi connectivity index (χ4n) is 3.14. The standard InChI is InChI=1S/C24H33NO5/c1-7-18-13-17(14-19(15-26)25-23(27)30-24(3,4)5)12-16(2)22(18)29-21-10-8-20(28-6)9-11-21/h8-13,19,26H,7,14-15H2,1-6H3,(H,25,27). The van der Waals surface area contributed by atoms with E-state index in [0.717, 1.165) is 40.4 Å². The molecule has 0 aromatic heterocycles. The molecule has 30 heavy (non-hydrogen) atoms. The van der Waals surface area contributed by atoms with E-state index in [0.29, 0.717) is 6.42 Å². The highest BCUT2D eigenvalue weighted by Gasteiger charge is 2.20. The maximum Gasteiger partial charge on any atom is 0.407 e. The topological polar surface area (TPSA) is 77.0 Å². The highest BCUT2D eigenvalue weighted by molar-refractivity contribution is 5.68. The highest BCUT2D eigenvalue weighted by Crippen LogP contribution is 2.32. The Morgan fingerprint density at radius 2 is 1.77 bits per heavy atom. The monoisotopic (exact) mass is 415 g/mol. The summed E-state index contributed by atoms with van der Waals surface area (Å²) in [6.07, 6.45) is 0.754. The molecule has 6 nitrogen and oxygen atoms in total. The molecule has 1 unspecified atom stereocenters. The number of hydrogen-bond acceptors (Lipinski definition) is 5. The van der Waals surface area contributed by atoms with E-state index in [-0.39, 0.29) is 6.61 Å². The predicted molar refractivity (Wildman–Crippen MR) is 118 cm³/mol. The zero-order chi connectivity index (χ0) is 22.3. The van der Waals surface area contributed by atoms with Gasteiger partial charge in [0.25, 0.3) is 0 Å². The average Bonchev–Trinajstić information content (AvgIpc) is 2.68. The van der Waals surface area contributed by atoms with Gasteiger partial charge in [0, 0.05) is 0 Å². The molecule has 6 heteroatoms. The molecular weight excluding hydrogens is 382 g/mol. The largest absolute Gasteiger partial charge is 0.497 e. The van der Waals surface area contributed by atoms with E-state index in [9.17, 15) is 9.90 Å². The first-order valence-corrected chi connectivity index (χ1v) is 10.2. The molecule has 2 N–H and O–H groups in total. The number of ether oxygens (including phenoxy) is 3. The zero-order valence-electron chi connectivity index (χ0n) is 18.7. The van der Waals surface area contributed by atoms with Crippen LogP contribution in [0, 0.1) is 6.92 Å². The molecule has 0 spiro atoms.